The maximum absolute atomic E-state index is 12.9. The number of carbonyl (C=O) groups excluding carboxylic acids is 4. The molecule has 0 aromatic heterocycles. The van der Waals surface area contributed by atoms with Crippen molar-refractivity contribution in [2.75, 3.05) is 0 Å². The highest BCUT2D eigenvalue weighted by Gasteiger charge is 2.28. The Labute approximate surface area is 219 Å². The molecule has 0 radical (unpaired) electrons. The summed E-state index contributed by atoms with van der Waals surface area (Å²) in [7, 11) is 0. The van der Waals surface area contributed by atoms with Crippen molar-refractivity contribution >= 4 is 29.6 Å². The lowest BCUT2D eigenvalue weighted by molar-refractivity contribution is -0.142. The number of carbonyl (C=O) groups is 5. The van der Waals surface area contributed by atoms with E-state index in [-0.39, 0.29) is 31.4 Å². The van der Waals surface area contributed by atoms with Crippen molar-refractivity contribution in [3.63, 3.8) is 0 Å². The van der Waals surface area contributed by atoms with Gasteiger partial charge in [0.05, 0.1) is 6.04 Å². The standard InChI is InChI=1S/C26H33N5O7/c1-15(23(34)31-21(26(37)38)14-16-5-3-2-4-6-16)29-25(36)20(11-12-22(28)33)30-24(35)19(27)13-17-7-9-18(32)10-8-17/h2-10,15,19-21,32H,11-14,27H2,1H3,(H2,28,33)(H,29,36)(H,30,35)(H,31,34)(H,37,38). The Balaban J connectivity index is 2.01. The third-order valence-corrected chi connectivity index (χ3v) is 5.69. The molecular formula is C26H33N5O7. The molecule has 204 valence electrons. The van der Waals surface area contributed by atoms with Crippen molar-refractivity contribution in [2.45, 2.75) is 56.8 Å². The Bertz CT molecular complexity index is 1120. The van der Waals surface area contributed by atoms with Crippen molar-refractivity contribution in [1.82, 2.24) is 16.0 Å². The van der Waals surface area contributed by atoms with Crippen LogP contribution in [0.1, 0.15) is 30.9 Å². The Morgan fingerprint density at radius 2 is 1.37 bits per heavy atom. The first-order valence-electron chi connectivity index (χ1n) is 12.0. The van der Waals surface area contributed by atoms with Gasteiger partial charge in [0.2, 0.25) is 23.6 Å². The molecular weight excluding hydrogens is 494 g/mol. The lowest BCUT2D eigenvalue weighted by Crippen LogP contribution is -2.56. The van der Waals surface area contributed by atoms with Crippen LogP contribution in [0.3, 0.4) is 0 Å². The number of benzene rings is 2. The normalized spacial score (nSPS) is 13.8. The van der Waals surface area contributed by atoms with Crippen LogP contribution in [0.2, 0.25) is 0 Å². The van der Waals surface area contributed by atoms with Crippen LogP contribution in [0.15, 0.2) is 54.6 Å². The zero-order valence-corrected chi connectivity index (χ0v) is 20.9. The molecule has 0 saturated heterocycles. The molecule has 12 nitrogen and oxygen atoms in total. The zero-order chi connectivity index (χ0) is 28.2. The number of primary amides is 1. The molecule has 0 spiro atoms. The Morgan fingerprint density at radius 1 is 0.789 bits per heavy atom. The Kier molecular flexibility index (Phi) is 11.2. The van der Waals surface area contributed by atoms with E-state index in [1.807, 2.05) is 0 Å². The molecule has 2 aromatic rings. The van der Waals surface area contributed by atoms with E-state index in [1.165, 1.54) is 19.1 Å². The van der Waals surface area contributed by atoms with Gasteiger partial charge in [-0.25, -0.2) is 4.79 Å². The fourth-order valence-electron chi connectivity index (χ4n) is 3.54. The van der Waals surface area contributed by atoms with Crippen LogP contribution < -0.4 is 27.4 Å². The number of aromatic hydroxyl groups is 1. The van der Waals surface area contributed by atoms with Crippen molar-refractivity contribution < 1.29 is 34.2 Å². The molecule has 4 unspecified atom stereocenters. The van der Waals surface area contributed by atoms with Gasteiger partial charge in [-0.05, 0) is 43.0 Å². The molecule has 4 amide bonds. The number of hydrogen-bond acceptors (Lipinski definition) is 7. The van der Waals surface area contributed by atoms with E-state index >= 15 is 0 Å². The van der Waals surface area contributed by atoms with Crippen LogP contribution in [0.25, 0.3) is 0 Å². The van der Waals surface area contributed by atoms with Gasteiger partial charge in [0.15, 0.2) is 0 Å². The molecule has 0 fully saturated rings. The quantitative estimate of drug-likeness (QED) is 0.167. The van der Waals surface area contributed by atoms with Gasteiger partial charge < -0.3 is 37.6 Å². The number of hydrogen-bond donors (Lipinski definition) is 7. The maximum atomic E-state index is 12.9. The van der Waals surface area contributed by atoms with Crippen LogP contribution in [0.4, 0.5) is 0 Å². The SMILES string of the molecule is CC(NC(=O)C(CCC(N)=O)NC(=O)C(N)Cc1ccc(O)cc1)C(=O)NC(Cc1ccccc1)C(=O)O. The van der Waals surface area contributed by atoms with E-state index < -0.39 is 53.8 Å². The number of phenolic OH excluding ortho intramolecular Hbond substituents is 1. The molecule has 4 atom stereocenters. The summed E-state index contributed by atoms with van der Waals surface area (Å²) < 4.78 is 0. The molecule has 9 N–H and O–H groups in total. The molecule has 0 aliphatic rings. The number of nitrogens with one attached hydrogen (secondary N) is 3. The second kappa shape index (κ2) is 14.3. The number of carboxylic acids is 1. The minimum atomic E-state index is -1.24. The monoisotopic (exact) mass is 527 g/mol. The third kappa shape index (κ3) is 9.90. The minimum Gasteiger partial charge on any atom is -0.508 e. The van der Waals surface area contributed by atoms with E-state index in [4.69, 9.17) is 11.5 Å². The zero-order valence-electron chi connectivity index (χ0n) is 20.9. The highest BCUT2D eigenvalue weighted by Crippen LogP contribution is 2.11. The molecule has 0 heterocycles. The van der Waals surface area contributed by atoms with Crippen LogP contribution in [-0.4, -0.2) is 64.0 Å². The van der Waals surface area contributed by atoms with Gasteiger partial charge in [-0.3, -0.25) is 19.2 Å². The predicted molar refractivity (Wildman–Crippen MR) is 137 cm³/mol. The molecule has 0 saturated carbocycles. The average Bonchev–Trinajstić information content (AvgIpc) is 2.87. The summed E-state index contributed by atoms with van der Waals surface area (Å²) in [5.41, 5.74) is 12.5. The lowest BCUT2D eigenvalue weighted by atomic mass is 10.0. The first-order chi connectivity index (χ1) is 18.0. The molecule has 38 heavy (non-hydrogen) atoms. The Hall–Kier alpha value is -4.45. The fourth-order valence-corrected chi connectivity index (χ4v) is 3.54. The number of amides is 4. The fraction of sp³-hybridized carbons (Fsp3) is 0.346. The molecule has 0 aliphatic heterocycles. The summed E-state index contributed by atoms with van der Waals surface area (Å²) in [6.45, 7) is 1.36. The van der Waals surface area contributed by atoms with Gasteiger partial charge in [-0.1, -0.05) is 42.5 Å². The summed E-state index contributed by atoms with van der Waals surface area (Å²) >= 11 is 0. The second-order valence-corrected chi connectivity index (χ2v) is 8.86. The Morgan fingerprint density at radius 3 is 1.95 bits per heavy atom. The minimum absolute atomic E-state index is 0.0405. The van der Waals surface area contributed by atoms with Crippen molar-refractivity contribution in [2.24, 2.45) is 11.5 Å². The van der Waals surface area contributed by atoms with E-state index in [0.29, 0.717) is 11.1 Å². The smallest absolute Gasteiger partial charge is 0.326 e. The van der Waals surface area contributed by atoms with Crippen LogP contribution >= 0.6 is 0 Å². The van der Waals surface area contributed by atoms with E-state index in [0.717, 1.165) is 0 Å². The number of carboxylic acid groups (broad SMARTS) is 1. The largest absolute Gasteiger partial charge is 0.508 e. The average molecular weight is 528 g/mol. The van der Waals surface area contributed by atoms with E-state index in [9.17, 15) is 34.2 Å². The van der Waals surface area contributed by atoms with Gasteiger partial charge in [0.25, 0.3) is 0 Å². The van der Waals surface area contributed by atoms with Crippen molar-refractivity contribution in [3.8, 4) is 5.75 Å². The number of nitrogens with two attached hydrogens (primary N) is 2. The van der Waals surface area contributed by atoms with Crippen molar-refractivity contribution in [3.05, 3.63) is 65.7 Å². The van der Waals surface area contributed by atoms with Gasteiger partial charge >= 0.3 is 5.97 Å². The molecule has 2 aromatic carbocycles. The van der Waals surface area contributed by atoms with Crippen LogP contribution in [0.5, 0.6) is 5.75 Å². The molecule has 12 heteroatoms. The van der Waals surface area contributed by atoms with Crippen LogP contribution in [0, 0.1) is 0 Å². The summed E-state index contributed by atoms with van der Waals surface area (Å²) in [6, 6.07) is 10.2. The first kappa shape index (κ1) is 29.8. The van der Waals surface area contributed by atoms with Gasteiger partial charge in [-0.15, -0.1) is 0 Å². The lowest BCUT2D eigenvalue weighted by Gasteiger charge is -2.23. The third-order valence-electron chi connectivity index (χ3n) is 5.69. The highest BCUT2D eigenvalue weighted by molar-refractivity contribution is 5.94. The van der Waals surface area contributed by atoms with Crippen molar-refractivity contribution in [1.29, 1.82) is 0 Å². The number of rotatable bonds is 14. The number of phenols is 1. The van der Waals surface area contributed by atoms with Gasteiger partial charge in [0, 0.05) is 12.8 Å². The van der Waals surface area contributed by atoms with Gasteiger partial charge in [0.1, 0.15) is 23.9 Å². The molecule has 2 rings (SSSR count). The maximum Gasteiger partial charge on any atom is 0.326 e. The highest BCUT2D eigenvalue weighted by atomic mass is 16.4. The van der Waals surface area contributed by atoms with E-state index in [2.05, 4.69) is 16.0 Å². The summed E-state index contributed by atoms with van der Waals surface area (Å²) in [4.78, 5) is 61.1. The summed E-state index contributed by atoms with van der Waals surface area (Å²) in [5, 5.41) is 26.2. The predicted octanol–water partition coefficient (Wildman–Crippen LogP) is -0.671. The molecule has 0 aliphatic carbocycles. The molecule has 0 bridgehead atoms. The second-order valence-electron chi connectivity index (χ2n) is 8.86. The first-order valence-corrected chi connectivity index (χ1v) is 12.0. The summed E-state index contributed by atoms with van der Waals surface area (Å²) in [5.74, 6) is -4.06. The summed E-state index contributed by atoms with van der Waals surface area (Å²) in [6.07, 6.45) is -0.199. The topological polar surface area (TPSA) is 214 Å². The number of aliphatic carboxylic acids is 1. The van der Waals surface area contributed by atoms with Gasteiger partial charge in [-0.2, -0.15) is 0 Å². The van der Waals surface area contributed by atoms with E-state index in [1.54, 1.807) is 42.5 Å². The van der Waals surface area contributed by atoms with Crippen LogP contribution in [-0.2, 0) is 36.8 Å².